The molecule has 4 aliphatic rings. The average Bonchev–Trinajstić information content (AvgIpc) is 2.85. The highest BCUT2D eigenvalue weighted by Crippen LogP contribution is 2.73. The van der Waals surface area contributed by atoms with Gasteiger partial charge in [0.25, 0.3) is 0 Å². The lowest BCUT2D eigenvalue weighted by Gasteiger charge is -2.71. The van der Waals surface area contributed by atoms with Crippen LogP contribution in [0.15, 0.2) is 29.3 Å². The molecule has 0 atom stereocenters. The fraction of sp³-hybridized carbons (Fsp3) is 0.621. The Balaban J connectivity index is 1.58. The summed E-state index contributed by atoms with van der Waals surface area (Å²) < 4.78 is 0. The number of carbonyl (C=O) groups excluding carboxylic acids is 4. The Morgan fingerprint density at radius 3 is 1.38 bits per heavy atom. The van der Waals surface area contributed by atoms with E-state index in [0.717, 1.165) is 44.1 Å². The average molecular weight is 554 g/mol. The molecule has 0 unspecified atom stereocenters. The Morgan fingerprint density at radius 1 is 0.692 bits per heavy atom. The van der Waals surface area contributed by atoms with Crippen LogP contribution < -0.4 is 21.3 Å². The first-order valence-electron chi connectivity index (χ1n) is 13.6. The zero-order valence-electron chi connectivity index (χ0n) is 23.1. The normalized spacial score (nSPS) is 30.1. The molecule has 4 saturated carbocycles. The number of amides is 4. The van der Waals surface area contributed by atoms with Gasteiger partial charge in [-0.2, -0.15) is 4.99 Å². The van der Waals surface area contributed by atoms with E-state index in [4.69, 9.17) is 0 Å². The number of benzene rings is 1. The molecule has 0 heterocycles. The molecular formula is C29H39N5O4S. The molecule has 0 radical (unpaired) electrons. The summed E-state index contributed by atoms with van der Waals surface area (Å²) >= 11 is 4.65. The minimum Gasteiger partial charge on any atom is -0.356 e. The third kappa shape index (κ3) is 6.92. The second-order valence-corrected chi connectivity index (χ2v) is 12.8. The number of rotatable bonds is 11. The van der Waals surface area contributed by atoms with Gasteiger partial charge in [0.1, 0.15) is 0 Å². The van der Waals surface area contributed by atoms with Gasteiger partial charge in [0.15, 0.2) is 0 Å². The first-order chi connectivity index (χ1) is 18.4. The number of nitrogens with zero attached hydrogens (tertiary/aromatic N) is 1. The van der Waals surface area contributed by atoms with Gasteiger partial charge in [-0.25, -0.2) is 0 Å². The van der Waals surface area contributed by atoms with Crippen LogP contribution in [0.3, 0.4) is 0 Å². The van der Waals surface area contributed by atoms with E-state index in [9.17, 15) is 19.2 Å². The smallest absolute Gasteiger partial charge is 0.224 e. The van der Waals surface area contributed by atoms with E-state index < -0.39 is 0 Å². The molecule has 0 spiro atoms. The number of carbonyl (C=O) groups is 4. The van der Waals surface area contributed by atoms with Crippen LogP contribution in [0.2, 0.25) is 0 Å². The molecule has 10 heteroatoms. The molecule has 4 N–H and O–H groups in total. The summed E-state index contributed by atoms with van der Waals surface area (Å²) in [5.74, 6) is -0.258. The number of aliphatic imine (C=N–C) groups is 1. The molecule has 0 saturated heterocycles. The van der Waals surface area contributed by atoms with Gasteiger partial charge in [0, 0.05) is 47.0 Å². The summed E-state index contributed by atoms with van der Waals surface area (Å²) in [6.45, 7) is 6.78. The van der Waals surface area contributed by atoms with Crippen LogP contribution in [-0.2, 0) is 25.6 Å². The van der Waals surface area contributed by atoms with Gasteiger partial charge in [-0.1, -0.05) is 12.1 Å². The van der Waals surface area contributed by atoms with Gasteiger partial charge in [0.05, 0.1) is 17.3 Å². The van der Waals surface area contributed by atoms with Crippen molar-refractivity contribution in [2.24, 2.45) is 26.7 Å². The van der Waals surface area contributed by atoms with E-state index in [-0.39, 0.29) is 51.7 Å². The van der Waals surface area contributed by atoms with Crippen molar-refractivity contribution in [1.82, 2.24) is 21.3 Å². The van der Waals surface area contributed by atoms with Gasteiger partial charge >= 0.3 is 0 Å². The lowest BCUT2D eigenvalue weighted by Crippen LogP contribution is -2.68. The van der Waals surface area contributed by atoms with E-state index in [1.54, 1.807) is 0 Å². The SMILES string of the molecule is CC(=O)NCC12CC3(CNC(C)=O)CC(CNC(C)=O)(C1)CC(CNC(=O)Cc1ccc(N=C=S)cc1)(C2)C3. The fourth-order valence-electron chi connectivity index (χ4n) is 8.48. The highest BCUT2D eigenvalue weighted by atomic mass is 32.1. The molecule has 1 aromatic rings. The standard InChI is InChI=1S/C29H39N5O4S/c1-20(35)30-15-26-9-27(16-31-21(2)36)11-28(10-26,17-32-22(3)37)14-29(12-26,13-27)18-33-25(38)8-23-4-6-24(7-5-23)34-19-39/h4-7H,8-18H2,1-3H3,(H,30,35)(H,31,36)(H,32,37)(H,33,38). The lowest BCUT2D eigenvalue weighted by atomic mass is 9.35. The summed E-state index contributed by atoms with van der Waals surface area (Å²) in [5.41, 5.74) is 0.881. The molecule has 4 bridgehead atoms. The Hall–Kier alpha value is -3.10. The highest BCUT2D eigenvalue weighted by Gasteiger charge is 2.67. The van der Waals surface area contributed by atoms with Crippen LogP contribution in [-0.4, -0.2) is 55.0 Å². The van der Waals surface area contributed by atoms with E-state index in [2.05, 4.69) is 43.6 Å². The van der Waals surface area contributed by atoms with Gasteiger partial charge in [-0.3, -0.25) is 19.2 Å². The zero-order chi connectivity index (χ0) is 28.3. The maximum absolute atomic E-state index is 13.1. The van der Waals surface area contributed by atoms with Crippen LogP contribution in [0.5, 0.6) is 0 Å². The molecule has 9 nitrogen and oxygen atoms in total. The summed E-state index contributed by atoms with van der Waals surface area (Å²) in [7, 11) is 0. The van der Waals surface area contributed by atoms with Crippen molar-refractivity contribution >= 4 is 46.7 Å². The van der Waals surface area contributed by atoms with Gasteiger partial charge in [-0.15, -0.1) is 0 Å². The molecule has 210 valence electrons. The highest BCUT2D eigenvalue weighted by molar-refractivity contribution is 7.78. The second kappa shape index (κ2) is 11.2. The molecule has 4 fully saturated rings. The predicted octanol–water partition coefficient (Wildman–Crippen LogP) is 2.81. The van der Waals surface area contributed by atoms with Crippen LogP contribution in [0.25, 0.3) is 0 Å². The summed E-state index contributed by atoms with van der Waals surface area (Å²) in [6, 6.07) is 7.35. The number of hydrogen-bond acceptors (Lipinski definition) is 6. The van der Waals surface area contributed by atoms with E-state index in [0.29, 0.717) is 31.9 Å². The summed E-state index contributed by atoms with van der Waals surface area (Å²) in [6.07, 6.45) is 5.60. The number of nitrogens with one attached hydrogen (secondary N) is 4. The Labute approximate surface area is 235 Å². The third-order valence-corrected chi connectivity index (χ3v) is 8.86. The molecule has 4 aliphatic carbocycles. The Morgan fingerprint density at radius 2 is 1.05 bits per heavy atom. The minimum absolute atomic E-state index is 0.0560. The Kier molecular flexibility index (Phi) is 8.28. The molecule has 39 heavy (non-hydrogen) atoms. The van der Waals surface area contributed by atoms with E-state index in [1.165, 1.54) is 20.8 Å². The van der Waals surface area contributed by atoms with Crippen molar-refractivity contribution in [1.29, 1.82) is 0 Å². The Bertz CT molecular complexity index is 1100. The zero-order valence-corrected chi connectivity index (χ0v) is 23.9. The van der Waals surface area contributed by atoms with Gasteiger partial charge in [0.2, 0.25) is 23.6 Å². The molecule has 4 amide bonds. The second-order valence-electron chi connectivity index (χ2n) is 12.6. The number of isothiocyanates is 1. The summed E-state index contributed by atoms with van der Waals surface area (Å²) in [4.78, 5) is 52.9. The van der Waals surface area contributed by atoms with Crippen molar-refractivity contribution in [2.75, 3.05) is 26.2 Å². The van der Waals surface area contributed by atoms with E-state index in [1.807, 2.05) is 24.3 Å². The maximum atomic E-state index is 13.1. The summed E-state index contributed by atoms with van der Waals surface area (Å²) in [5, 5.41) is 14.8. The number of hydrogen-bond donors (Lipinski definition) is 4. The van der Waals surface area contributed by atoms with Gasteiger partial charge in [-0.05, 0) is 90.1 Å². The van der Waals surface area contributed by atoms with Crippen molar-refractivity contribution in [3.05, 3.63) is 29.8 Å². The van der Waals surface area contributed by atoms with Crippen molar-refractivity contribution < 1.29 is 19.2 Å². The van der Waals surface area contributed by atoms with Crippen molar-refractivity contribution in [3.63, 3.8) is 0 Å². The molecule has 0 aromatic heterocycles. The van der Waals surface area contributed by atoms with Crippen molar-refractivity contribution in [3.8, 4) is 0 Å². The molecule has 1 aromatic carbocycles. The molecular weight excluding hydrogens is 514 g/mol. The first-order valence-corrected chi connectivity index (χ1v) is 14.0. The van der Waals surface area contributed by atoms with Crippen LogP contribution >= 0.6 is 12.2 Å². The predicted molar refractivity (Wildman–Crippen MR) is 151 cm³/mol. The maximum Gasteiger partial charge on any atom is 0.224 e. The molecule has 5 rings (SSSR count). The molecule has 0 aliphatic heterocycles. The minimum atomic E-state index is -0.197. The van der Waals surface area contributed by atoms with Crippen LogP contribution in [0.1, 0.15) is 64.9 Å². The quantitative estimate of drug-likeness (QED) is 0.247. The topological polar surface area (TPSA) is 129 Å². The fourth-order valence-corrected chi connectivity index (χ4v) is 8.59. The first kappa shape index (κ1) is 28.9. The monoisotopic (exact) mass is 553 g/mol. The third-order valence-electron chi connectivity index (χ3n) is 8.77. The van der Waals surface area contributed by atoms with Crippen LogP contribution in [0, 0.1) is 21.7 Å². The number of thiocarbonyl (C=S) groups is 1. The van der Waals surface area contributed by atoms with Crippen molar-refractivity contribution in [2.45, 2.75) is 65.7 Å². The largest absolute Gasteiger partial charge is 0.356 e. The van der Waals surface area contributed by atoms with E-state index >= 15 is 0 Å². The van der Waals surface area contributed by atoms with Gasteiger partial charge < -0.3 is 21.3 Å². The van der Waals surface area contributed by atoms with Crippen LogP contribution in [0.4, 0.5) is 5.69 Å². The lowest BCUT2D eigenvalue weighted by molar-refractivity contribution is -0.197.